The van der Waals surface area contributed by atoms with Crippen LogP contribution in [0, 0.1) is 12.8 Å². The van der Waals surface area contributed by atoms with Crippen molar-refractivity contribution in [3.63, 3.8) is 0 Å². The van der Waals surface area contributed by atoms with Crippen molar-refractivity contribution in [3.05, 3.63) is 83.3 Å². The van der Waals surface area contributed by atoms with Gasteiger partial charge in [-0.1, -0.05) is 36.4 Å². The number of aromatic nitrogens is 2. The molecular weight excluding hydrogens is 539 g/mol. The van der Waals surface area contributed by atoms with Crippen molar-refractivity contribution in [2.45, 2.75) is 25.0 Å². The topological polar surface area (TPSA) is 101 Å². The van der Waals surface area contributed by atoms with Crippen molar-refractivity contribution in [1.82, 2.24) is 9.97 Å². The molecule has 0 saturated heterocycles. The molecule has 4 aromatic rings. The minimum absolute atomic E-state index is 0.206. The Morgan fingerprint density at radius 1 is 1.08 bits per heavy atom. The molecule has 0 unspecified atom stereocenters. The lowest BCUT2D eigenvalue weighted by molar-refractivity contribution is -0.0429. The monoisotopic (exact) mass is 561 g/mol. The highest BCUT2D eigenvalue weighted by molar-refractivity contribution is 7.93. The fourth-order valence-electron chi connectivity index (χ4n) is 4.26. The summed E-state index contributed by atoms with van der Waals surface area (Å²) >= 11 is 1.58. The van der Waals surface area contributed by atoms with Crippen LogP contribution in [0.2, 0.25) is 0 Å². The molecule has 0 fully saturated rings. The SMILES string of the molecule is Cc1ncc(-c2ccc(C[C@@H]3COc4cc(-c5ccccc5NS(=O)(=O)C(F)(F)F)ccc4[C@H]3O)nc2)s1. The normalized spacial score (nSPS) is 17.5. The molecule has 0 spiro atoms. The standard InChI is InChI=1S/C26H22F3N3O4S2/c1-15-30-13-24(37-15)17-6-8-19(31-12-17)10-18-14-36-23-11-16(7-9-21(23)25(18)33)20-4-2-3-5-22(20)32-38(34,35)26(27,28)29/h2-9,11-13,18,25,32-33H,10,14H2,1H3/t18-,25+/m1/s1. The number of ether oxygens (including phenoxy) is 1. The number of hydrogen-bond acceptors (Lipinski definition) is 7. The summed E-state index contributed by atoms with van der Waals surface area (Å²) in [7, 11) is -5.59. The van der Waals surface area contributed by atoms with Gasteiger partial charge in [0.25, 0.3) is 0 Å². The Labute approximate surface area is 221 Å². The Morgan fingerprint density at radius 2 is 1.84 bits per heavy atom. The largest absolute Gasteiger partial charge is 0.516 e. The Bertz CT molecular complexity index is 1570. The van der Waals surface area contributed by atoms with Gasteiger partial charge in [0, 0.05) is 40.7 Å². The van der Waals surface area contributed by atoms with Crippen molar-refractivity contribution in [2.75, 3.05) is 11.3 Å². The third-order valence-corrected chi connectivity index (χ3v) is 8.28. The molecule has 198 valence electrons. The van der Waals surface area contributed by atoms with Gasteiger partial charge in [-0.3, -0.25) is 9.71 Å². The number of nitrogens with zero attached hydrogens (tertiary/aromatic N) is 2. The Balaban J connectivity index is 1.34. The van der Waals surface area contributed by atoms with Gasteiger partial charge in [0.1, 0.15) is 5.75 Å². The number of sulfonamides is 1. The number of rotatable bonds is 6. The number of hydrogen-bond donors (Lipinski definition) is 2. The van der Waals surface area contributed by atoms with E-state index < -0.39 is 21.6 Å². The average Bonchev–Trinajstić information content (AvgIpc) is 3.31. The van der Waals surface area contributed by atoms with E-state index in [0.29, 0.717) is 23.3 Å². The van der Waals surface area contributed by atoms with Crippen LogP contribution < -0.4 is 9.46 Å². The number of aliphatic hydroxyl groups excluding tert-OH is 1. The van der Waals surface area contributed by atoms with Gasteiger partial charge in [-0.15, -0.1) is 11.3 Å². The molecule has 1 aliphatic rings. The number of halogens is 3. The second-order valence-electron chi connectivity index (χ2n) is 8.85. The zero-order valence-corrected chi connectivity index (χ0v) is 21.6. The molecule has 7 nitrogen and oxygen atoms in total. The van der Waals surface area contributed by atoms with E-state index in [-0.39, 0.29) is 23.8 Å². The lowest BCUT2D eigenvalue weighted by Gasteiger charge is -2.30. The van der Waals surface area contributed by atoms with Crippen LogP contribution in [-0.2, 0) is 16.4 Å². The Kier molecular flexibility index (Phi) is 6.88. The summed E-state index contributed by atoms with van der Waals surface area (Å²) in [4.78, 5) is 9.82. The van der Waals surface area contributed by atoms with Gasteiger partial charge in [0.05, 0.1) is 28.3 Å². The van der Waals surface area contributed by atoms with E-state index in [4.69, 9.17) is 4.74 Å². The molecule has 12 heteroatoms. The third kappa shape index (κ3) is 5.24. The van der Waals surface area contributed by atoms with Crippen molar-refractivity contribution >= 4 is 27.0 Å². The molecule has 2 N–H and O–H groups in total. The van der Waals surface area contributed by atoms with Crippen LogP contribution in [0.3, 0.4) is 0 Å². The van der Waals surface area contributed by atoms with Crippen LogP contribution >= 0.6 is 11.3 Å². The number of para-hydroxylation sites is 1. The highest BCUT2D eigenvalue weighted by Gasteiger charge is 2.46. The first-order valence-corrected chi connectivity index (χ1v) is 13.8. The summed E-state index contributed by atoms with van der Waals surface area (Å²) in [5.74, 6) is 0.117. The summed E-state index contributed by atoms with van der Waals surface area (Å²) < 4.78 is 69.6. The van der Waals surface area contributed by atoms with E-state index in [9.17, 15) is 26.7 Å². The van der Waals surface area contributed by atoms with Gasteiger partial charge in [0.15, 0.2) is 0 Å². The quantitative estimate of drug-likeness (QED) is 0.312. The van der Waals surface area contributed by atoms with E-state index >= 15 is 0 Å². The summed E-state index contributed by atoms with van der Waals surface area (Å²) in [5.41, 5.74) is -2.69. The van der Waals surface area contributed by atoms with Gasteiger partial charge in [-0.25, -0.2) is 4.98 Å². The molecule has 2 atom stereocenters. The number of benzene rings is 2. The number of anilines is 1. The van der Waals surface area contributed by atoms with Crippen LogP contribution in [0.5, 0.6) is 5.75 Å². The van der Waals surface area contributed by atoms with Crippen molar-refractivity contribution < 1.29 is 31.4 Å². The van der Waals surface area contributed by atoms with Gasteiger partial charge >= 0.3 is 15.5 Å². The minimum atomic E-state index is -5.59. The number of thiazole rings is 1. The molecule has 0 saturated carbocycles. The third-order valence-electron chi connectivity index (χ3n) is 6.22. The predicted molar refractivity (Wildman–Crippen MR) is 138 cm³/mol. The van der Waals surface area contributed by atoms with E-state index in [1.54, 1.807) is 46.5 Å². The summed E-state index contributed by atoms with van der Waals surface area (Å²) in [6.07, 6.45) is 3.22. The van der Waals surface area contributed by atoms with Crippen molar-refractivity contribution in [2.24, 2.45) is 5.92 Å². The molecule has 1 aliphatic heterocycles. The van der Waals surface area contributed by atoms with Crippen LogP contribution in [0.1, 0.15) is 22.4 Å². The predicted octanol–water partition coefficient (Wildman–Crippen LogP) is 5.73. The maximum absolute atomic E-state index is 12.9. The highest BCUT2D eigenvalue weighted by Crippen LogP contribution is 2.41. The zero-order chi connectivity index (χ0) is 27.1. The number of aliphatic hydroxyl groups is 1. The molecule has 2 aromatic heterocycles. The van der Waals surface area contributed by atoms with Crippen LogP contribution in [0.25, 0.3) is 21.6 Å². The zero-order valence-electron chi connectivity index (χ0n) is 19.9. The lowest BCUT2D eigenvalue weighted by atomic mass is 9.88. The number of aryl methyl sites for hydroxylation is 1. The van der Waals surface area contributed by atoms with E-state index in [2.05, 4.69) is 9.97 Å². The molecule has 38 heavy (non-hydrogen) atoms. The molecule has 0 radical (unpaired) electrons. The molecule has 2 aromatic carbocycles. The number of fused-ring (bicyclic) bond motifs is 1. The highest BCUT2D eigenvalue weighted by atomic mass is 32.2. The smallest absolute Gasteiger partial charge is 0.493 e. The molecule has 0 aliphatic carbocycles. The summed E-state index contributed by atoms with van der Waals surface area (Å²) in [6, 6.07) is 14.5. The number of alkyl halides is 3. The summed E-state index contributed by atoms with van der Waals surface area (Å²) in [5, 5.41) is 12.0. The first-order chi connectivity index (χ1) is 18.0. The summed E-state index contributed by atoms with van der Waals surface area (Å²) in [6.45, 7) is 2.15. The minimum Gasteiger partial charge on any atom is -0.493 e. The molecule has 3 heterocycles. The Hall–Kier alpha value is -3.48. The molecule has 5 rings (SSSR count). The second kappa shape index (κ2) is 10.0. The van der Waals surface area contributed by atoms with Gasteiger partial charge < -0.3 is 9.84 Å². The molecule has 0 amide bonds. The van der Waals surface area contributed by atoms with Gasteiger partial charge in [-0.05, 0) is 37.1 Å². The fourth-order valence-corrected chi connectivity index (χ4v) is 5.62. The average molecular weight is 562 g/mol. The van der Waals surface area contributed by atoms with Crippen molar-refractivity contribution in [3.8, 4) is 27.3 Å². The van der Waals surface area contributed by atoms with Crippen LogP contribution in [0.15, 0.2) is 67.0 Å². The fraction of sp³-hybridized carbons (Fsp3) is 0.231. The first kappa shape index (κ1) is 26.1. The van der Waals surface area contributed by atoms with Crippen molar-refractivity contribution in [1.29, 1.82) is 0 Å². The number of nitrogens with one attached hydrogen (secondary N) is 1. The van der Waals surface area contributed by atoms with E-state index in [0.717, 1.165) is 21.1 Å². The van der Waals surface area contributed by atoms with Crippen LogP contribution in [-0.4, -0.2) is 35.6 Å². The first-order valence-electron chi connectivity index (χ1n) is 11.5. The number of pyridine rings is 1. The van der Waals surface area contributed by atoms with Gasteiger partial charge in [-0.2, -0.15) is 21.6 Å². The maximum Gasteiger partial charge on any atom is 0.516 e. The van der Waals surface area contributed by atoms with Gasteiger partial charge in [0.2, 0.25) is 0 Å². The van der Waals surface area contributed by atoms with E-state index in [1.165, 1.54) is 18.2 Å². The van der Waals surface area contributed by atoms with E-state index in [1.807, 2.05) is 25.3 Å². The lowest BCUT2D eigenvalue weighted by Crippen LogP contribution is -2.30. The van der Waals surface area contributed by atoms with Crippen LogP contribution in [0.4, 0.5) is 18.9 Å². The molecule has 0 bridgehead atoms. The maximum atomic E-state index is 12.9. The Morgan fingerprint density at radius 3 is 2.53 bits per heavy atom. The molecular formula is C26H22F3N3O4S2. The second-order valence-corrected chi connectivity index (χ2v) is 11.8.